The molecule has 1 rings (SSSR count). The molecule has 1 aliphatic rings. The fourth-order valence-electron chi connectivity index (χ4n) is 3.78. The molecule has 0 radical (unpaired) electrons. The van der Waals surface area contributed by atoms with E-state index in [-0.39, 0.29) is 6.42 Å². The van der Waals surface area contributed by atoms with E-state index in [0.29, 0.717) is 5.75 Å². The maximum absolute atomic E-state index is 12.9. The van der Waals surface area contributed by atoms with Crippen molar-refractivity contribution in [1.82, 2.24) is 5.32 Å². The molecule has 1 unspecified atom stereocenters. The van der Waals surface area contributed by atoms with Crippen LogP contribution in [0.4, 0.5) is 0 Å². The molecule has 0 aromatic heterocycles. The second kappa shape index (κ2) is 14.0. The third kappa shape index (κ3) is 8.97. The summed E-state index contributed by atoms with van der Waals surface area (Å²) < 4.78 is 32.3. The molecule has 1 heterocycles. The van der Waals surface area contributed by atoms with Crippen LogP contribution in [0.3, 0.4) is 0 Å². The minimum atomic E-state index is -1.75. The summed E-state index contributed by atoms with van der Waals surface area (Å²) in [4.78, 5) is 70.7. The Kier molecular flexibility index (Phi) is 12.1. The highest BCUT2D eigenvalue weighted by Crippen LogP contribution is 2.42. The van der Waals surface area contributed by atoms with Crippen LogP contribution >= 0.6 is 11.8 Å². The molecule has 0 aromatic rings. The number of methoxy groups -OCH3 is 1. The van der Waals surface area contributed by atoms with E-state index in [0.717, 1.165) is 46.6 Å². The van der Waals surface area contributed by atoms with Crippen molar-refractivity contribution in [2.45, 2.75) is 83.4 Å². The fraction of sp³-hybridized carbons (Fsp3) is 0.727. The number of rotatable bonds is 11. The van der Waals surface area contributed by atoms with Crippen LogP contribution in [-0.4, -0.2) is 90.6 Å². The predicted octanol–water partition coefficient (Wildman–Crippen LogP) is 0.261. The van der Waals surface area contributed by atoms with Gasteiger partial charge in [0.1, 0.15) is 18.8 Å². The molecule has 1 amide bonds. The van der Waals surface area contributed by atoms with Gasteiger partial charge in [-0.3, -0.25) is 24.0 Å². The quantitative estimate of drug-likeness (QED) is 0.282. The van der Waals surface area contributed by atoms with E-state index in [1.807, 2.05) is 0 Å². The average Bonchev–Trinajstić information content (AvgIpc) is 2.75. The molecule has 0 bridgehead atoms. The van der Waals surface area contributed by atoms with E-state index < -0.39 is 77.8 Å². The summed E-state index contributed by atoms with van der Waals surface area (Å²) in [6.07, 6.45) is -5.70. The average molecular weight is 536 g/mol. The van der Waals surface area contributed by atoms with Crippen molar-refractivity contribution in [2.75, 3.05) is 19.5 Å². The van der Waals surface area contributed by atoms with Crippen LogP contribution in [0.25, 0.3) is 0 Å². The van der Waals surface area contributed by atoms with Crippen molar-refractivity contribution < 1.29 is 57.2 Å². The number of carbonyl (C=O) groups excluding carboxylic acids is 6. The summed E-state index contributed by atoms with van der Waals surface area (Å²) in [6.45, 7) is 6.86. The predicted molar refractivity (Wildman–Crippen MR) is 123 cm³/mol. The number of hydrogen-bond acceptors (Lipinski definition) is 13. The van der Waals surface area contributed by atoms with E-state index >= 15 is 0 Å². The van der Waals surface area contributed by atoms with Gasteiger partial charge in [-0.15, -0.1) is 11.8 Å². The van der Waals surface area contributed by atoms with Crippen LogP contribution < -0.4 is 5.32 Å². The van der Waals surface area contributed by atoms with Crippen molar-refractivity contribution in [1.29, 1.82) is 0 Å². The van der Waals surface area contributed by atoms with E-state index in [9.17, 15) is 28.8 Å². The Morgan fingerprint density at radius 1 is 0.972 bits per heavy atom. The first kappa shape index (κ1) is 31.2. The third-order valence-corrected chi connectivity index (χ3v) is 6.06. The molecule has 1 aliphatic heterocycles. The monoisotopic (exact) mass is 535 g/mol. The Bertz CT molecular complexity index is 849. The van der Waals surface area contributed by atoms with Gasteiger partial charge in [0, 0.05) is 41.0 Å². The van der Waals surface area contributed by atoms with Crippen molar-refractivity contribution in [2.24, 2.45) is 0 Å². The zero-order chi connectivity index (χ0) is 27.6. The van der Waals surface area contributed by atoms with Gasteiger partial charge >= 0.3 is 29.8 Å². The lowest BCUT2D eigenvalue weighted by atomic mass is 9.89. The lowest BCUT2D eigenvalue weighted by molar-refractivity contribution is -0.224. The zero-order valence-corrected chi connectivity index (χ0v) is 22.1. The molecule has 6 atom stereocenters. The van der Waals surface area contributed by atoms with Crippen LogP contribution in [0.5, 0.6) is 0 Å². The molecule has 13 nitrogen and oxygen atoms in total. The molecule has 0 aromatic carbocycles. The highest BCUT2D eigenvalue weighted by atomic mass is 32.2. The Morgan fingerprint density at radius 2 is 1.58 bits per heavy atom. The van der Waals surface area contributed by atoms with Gasteiger partial charge in [-0.1, -0.05) is 6.92 Å². The summed E-state index contributed by atoms with van der Waals surface area (Å²) in [5.74, 6) is -4.05. The minimum absolute atomic E-state index is 0.214. The summed E-state index contributed by atoms with van der Waals surface area (Å²) in [6, 6.07) is -1.17. The van der Waals surface area contributed by atoms with Gasteiger partial charge in [0.05, 0.1) is 13.2 Å². The molecule has 204 valence electrons. The highest BCUT2D eigenvalue weighted by molar-refractivity contribution is 8.01. The van der Waals surface area contributed by atoms with Gasteiger partial charge < -0.3 is 33.7 Å². The number of amides is 1. The van der Waals surface area contributed by atoms with Gasteiger partial charge in [0.2, 0.25) is 10.8 Å². The van der Waals surface area contributed by atoms with Crippen LogP contribution in [0.1, 0.15) is 48.0 Å². The van der Waals surface area contributed by atoms with Crippen LogP contribution in [0.15, 0.2) is 0 Å². The second-order valence-corrected chi connectivity index (χ2v) is 9.39. The van der Waals surface area contributed by atoms with Crippen LogP contribution in [0, 0.1) is 0 Å². The Morgan fingerprint density at radius 3 is 2.03 bits per heavy atom. The molecule has 0 spiro atoms. The smallest absolute Gasteiger partial charge is 0.348 e. The maximum atomic E-state index is 12.9. The van der Waals surface area contributed by atoms with Crippen molar-refractivity contribution in [3.8, 4) is 0 Å². The first-order valence-corrected chi connectivity index (χ1v) is 12.1. The molecule has 0 saturated carbocycles. The topological polar surface area (TPSA) is 170 Å². The second-order valence-electron chi connectivity index (χ2n) is 7.86. The lowest BCUT2D eigenvalue weighted by Crippen LogP contribution is -2.68. The number of thioether (sulfide) groups is 1. The van der Waals surface area contributed by atoms with Crippen molar-refractivity contribution in [3.05, 3.63) is 0 Å². The van der Waals surface area contributed by atoms with Gasteiger partial charge in [-0.25, -0.2) is 4.79 Å². The lowest BCUT2D eigenvalue weighted by Gasteiger charge is -2.48. The molecular weight excluding hydrogens is 502 g/mol. The SMILES string of the molecule is CCS[C@]1(C(=O)OC)C[C@@H](OC(C)=O)[C@@H](NC(C)=O)C([C@H](OC(C)=O)[C@@H](COC(C)=O)OC(C)=O)O1. The van der Waals surface area contributed by atoms with Gasteiger partial charge in [-0.2, -0.15) is 0 Å². The van der Waals surface area contributed by atoms with E-state index in [1.54, 1.807) is 6.92 Å². The standard InChI is InChI=1S/C22H33NO12S/c1-8-36-22(21(29)30-7)9-16(32-13(4)26)18(23-11(2)24)20(35-22)19(34-15(6)28)17(33-14(5)27)10-31-12(3)25/h16-20H,8-10H2,1-7H3,(H,23,24)/t16-,17-,18-,19-,20?,22+/m1/s1. The number of nitrogens with one attached hydrogen (secondary N) is 1. The molecular formula is C22H33NO12S. The van der Waals surface area contributed by atoms with E-state index in [4.69, 9.17) is 28.4 Å². The maximum Gasteiger partial charge on any atom is 0.348 e. The molecule has 1 saturated heterocycles. The molecule has 36 heavy (non-hydrogen) atoms. The van der Waals surface area contributed by atoms with Crippen LogP contribution in [-0.2, 0) is 57.2 Å². The molecule has 1 N–H and O–H groups in total. The van der Waals surface area contributed by atoms with E-state index in [1.165, 1.54) is 6.92 Å². The number of hydrogen-bond donors (Lipinski definition) is 1. The Labute approximate surface area is 213 Å². The third-order valence-electron chi connectivity index (χ3n) is 4.87. The normalized spacial score (nSPS) is 24.9. The Balaban J connectivity index is 3.76. The van der Waals surface area contributed by atoms with E-state index in [2.05, 4.69) is 5.32 Å². The molecule has 0 aliphatic carbocycles. The Hall–Kier alpha value is -2.87. The summed E-state index contributed by atoms with van der Waals surface area (Å²) >= 11 is 1.03. The largest absolute Gasteiger partial charge is 0.466 e. The zero-order valence-electron chi connectivity index (χ0n) is 21.3. The first-order valence-electron chi connectivity index (χ1n) is 11.1. The summed E-state index contributed by atoms with van der Waals surface area (Å²) in [5.41, 5.74) is 0. The fourth-order valence-corrected chi connectivity index (χ4v) is 4.91. The summed E-state index contributed by atoms with van der Waals surface area (Å²) in [5, 5.41) is 2.61. The van der Waals surface area contributed by atoms with Crippen molar-refractivity contribution in [3.63, 3.8) is 0 Å². The molecule has 14 heteroatoms. The highest BCUT2D eigenvalue weighted by Gasteiger charge is 2.58. The van der Waals surface area contributed by atoms with Gasteiger partial charge in [0.15, 0.2) is 12.2 Å². The van der Waals surface area contributed by atoms with Crippen LogP contribution in [0.2, 0.25) is 0 Å². The number of carbonyl (C=O) groups is 6. The van der Waals surface area contributed by atoms with Gasteiger partial charge in [-0.05, 0) is 5.75 Å². The minimum Gasteiger partial charge on any atom is -0.466 e. The summed E-state index contributed by atoms with van der Waals surface area (Å²) in [7, 11) is 1.14. The first-order chi connectivity index (χ1) is 16.8. The van der Waals surface area contributed by atoms with Crippen molar-refractivity contribution >= 4 is 47.5 Å². The molecule has 1 fully saturated rings. The number of esters is 5. The van der Waals surface area contributed by atoms with Gasteiger partial charge in [0.25, 0.3) is 0 Å². The number of ether oxygens (including phenoxy) is 6.